The molecule has 7 nitrogen and oxygen atoms in total. The fourth-order valence-corrected chi connectivity index (χ4v) is 1.50. The summed E-state index contributed by atoms with van der Waals surface area (Å²) < 4.78 is 4.55. The van der Waals surface area contributed by atoms with Gasteiger partial charge in [-0.25, -0.2) is 4.79 Å². The van der Waals surface area contributed by atoms with Crippen molar-refractivity contribution < 1.29 is 19.2 Å². The maximum atomic E-state index is 11.5. The molecule has 0 bridgehead atoms. The summed E-state index contributed by atoms with van der Waals surface area (Å²) >= 11 is 0. The fraction of sp³-hybridized carbons (Fsp3) is 0.333. The lowest BCUT2D eigenvalue weighted by atomic mass is 10.1. The zero-order valence-corrected chi connectivity index (χ0v) is 10.9. The number of esters is 1. The first-order valence-electron chi connectivity index (χ1n) is 5.60. The van der Waals surface area contributed by atoms with Gasteiger partial charge >= 0.3 is 11.9 Å². The van der Waals surface area contributed by atoms with Crippen LogP contribution in [0.1, 0.15) is 18.1 Å². The lowest BCUT2D eigenvalue weighted by Crippen LogP contribution is -2.25. The molecule has 102 valence electrons. The molecule has 19 heavy (non-hydrogen) atoms. The van der Waals surface area contributed by atoms with Crippen LogP contribution in [0.3, 0.4) is 0 Å². The van der Waals surface area contributed by atoms with Gasteiger partial charge in [-0.05, 0) is 32.4 Å². The number of rotatable bonds is 3. The number of nitrogens with zero attached hydrogens (tertiary/aromatic N) is 1. The van der Waals surface area contributed by atoms with Crippen LogP contribution in [-0.4, -0.2) is 23.4 Å². The molecule has 0 heterocycles. The Bertz CT molecular complexity index is 539. The molecule has 0 saturated heterocycles. The molecule has 1 N–H and O–H groups in total. The van der Waals surface area contributed by atoms with E-state index in [4.69, 9.17) is 0 Å². The molecule has 1 aromatic rings. The van der Waals surface area contributed by atoms with Crippen molar-refractivity contribution in [3.63, 3.8) is 0 Å². The van der Waals surface area contributed by atoms with Gasteiger partial charge in [-0.1, -0.05) is 0 Å². The van der Waals surface area contributed by atoms with Gasteiger partial charge in [-0.3, -0.25) is 14.9 Å². The smallest absolute Gasteiger partial charge is 0.397 e. The highest BCUT2D eigenvalue weighted by Crippen LogP contribution is 2.25. The maximum absolute atomic E-state index is 11.5. The van der Waals surface area contributed by atoms with E-state index in [-0.39, 0.29) is 12.3 Å². The van der Waals surface area contributed by atoms with E-state index in [0.717, 1.165) is 0 Å². The van der Waals surface area contributed by atoms with Crippen molar-refractivity contribution in [3.8, 4) is 0 Å². The third kappa shape index (κ3) is 3.51. The largest absolute Gasteiger partial charge is 0.459 e. The Labute approximate surface area is 109 Å². The van der Waals surface area contributed by atoms with E-state index in [1.54, 1.807) is 20.8 Å². The van der Waals surface area contributed by atoms with Crippen molar-refractivity contribution in [3.05, 3.63) is 33.4 Å². The van der Waals surface area contributed by atoms with Crippen LogP contribution >= 0.6 is 0 Å². The first kappa shape index (κ1) is 14.6. The maximum Gasteiger partial charge on any atom is 0.397 e. The zero-order chi connectivity index (χ0) is 14.6. The van der Waals surface area contributed by atoms with E-state index in [1.807, 2.05) is 0 Å². The highest BCUT2D eigenvalue weighted by Gasteiger charge is 2.18. The number of benzene rings is 1. The normalized spacial score (nSPS) is 9.84. The Hall–Kier alpha value is -2.44. The molecule has 1 aromatic carbocycles. The van der Waals surface area contributed by atoms with E-state index in [2.05, 4.69) is 10.1 Å². The van der Waals surface area contributed by atoms with E-state index in [0.29, 0.717) is 16.8 Å². The number of aryl methyl sites for hydroxylation is 2. The van der Waals surface area contributed by atoms with Gasteiger partial charge in [0.15, 0.2) is 0 Å². The Kier molecular flexibility index (Phi) is 4.57. The minimum Gasteiger partial charge on any atom is -0.459 e. The van der Waals surface area contributed by atoms with Gasteiger partial charge in [-0.15, -0.1) is 0 Å². The van der Waals surface area contributed by atoms with Crippen molar-refractivity contribution in [1.82, 2.24) is 0 Å². The van der Waals surface area contributed by atoms with Gasteiger partial charge in [0.25, 0.3) is 5.69 Å². The predicted octanol–water partition coefficient (Wildman–Crippen LogP) is 1.71. The number of anilines is 1. The van der Waals surface area contributed by atoms with Crippen molar-refractivity contribution in [1.29, 1.82) is 0 Å². The summed E-state index contributed by atoms with van der Waals surface area (Å²) in [6.07, 6.45) is 0. The number of nitro benzene ring substituents is 1. The summed E-state index contributed by atoms with van der Waals surface area (Å²) in [6, 6.07) is 2.79. The van der Waals surface area contributed by atoms with Crippen LogP contribution in [0.2, 0.25) is 0 Å². The topological polar surface area (TPSA) is 98.5 Å². The zero-order valence-electron chi connectivity index (χ0n) is 10.9. The quantitative estimate of drug-likeness (QED) is 0.388. The molecule has 0 aliphatic heterocycles. The summed E-state index contributed by atoms with van der Waals surface area (Å²) in [5, 5.41) is 13.1. The van der Waals surface area contributed by atoms with Gasteiger partial charge in [0, 0.05) is 17.3 Å². The van der Waals surface area contributed by atoms with Gasteiger partial charge < -0.3 is 10.1 Å². The number of nitrogens with one attached hydrogen (secondary N) is 1. The van der Waals surface area contributed by atoms with Crippen molar-refractivity contribution in [2.75, 3.05) is 11.9 Å². The molecule has 0 saturated carbocycles. The molecule has 0 radical (unpaired) electrons. The molecule has 1 rings (SSSR count). The van der Waals surface area contributed by atoms with Gasteiger partial charge in [0.1, 0.15) is 0 Å². The molecule has 1 amide bonds. The van der Waals surface area contributed by atoms with Crippen LogP contribution in [-0.2, 0) is 14.3 Å². The number of hydrogen-bond donors (Lipinski definition) is 1. The molecule has 0 spiro atoms. The SMILES string of the molecule is CCOC(=O)C(=O)Nc1cc(C)c([N+](=O)[O-])cc1C. The molecule has 0 aromatic heterocycles. The summed E-state index contributed by atoms with van der Waals surface area (Å²) in [7, 11) is 0. The minimum atomic E-state index is -0.988. The fourth-order valence-electron chi connectivity index (χ4n) is 1.50. The monoisotopic (exact) mass is 266 g/mol. The van der Waals surface area contributed by atoms with Crippen molar-refractivity contribution >= 4 is 23.3 Å². The molecule has 0 unspecified atom stereocenters. The average molecular weight is 266 g/mol. The number of amides is 1. The standard InChI is InChI=1S/C12H14N2O5/c1-4-19-12(16)11(15)13-9-5-8(3)10(14(17)18)6-7(9)2/h5-6H,4H2,1-3H3,(H,13,15). The van der Waals surface area contributed by atoms with E-state index >= 15 is 0 Å². The van der Waals surface area contributed by atoms with Crippen LogP contribution in [0.15, 0.2) is 12.1 Å². The molecule has 0 aliphatic rings. The summed E-state index contributed by atoms with van der Waals surface area (Å²) in [5.74, 6) is -1.89. The van der Waals surface area contributed by atoms with Crippen molar-refractivity contribution in [2.45, 2.75) is 20.8 Å². The molecule has 0 fully saturated rings. The Morgan fingerprint density at radius 2 is 1.95 bits per heavy atom. The Morgan fingerprint density at radius 3 is 2.47 bits per heavy atom. The van der Waals surface area contributed by atoms with Crippen molar-refractivity contribution in [2.24, 2.45) is 0 Å². The average Bonchev–Trinajstić information content (AvgIpc) is 2.33. The third-order valence-electron chi connectivity index (χ3n) is 2.45. The number of ether oxygens (including phenoxy) is 1. The van der Waals surface area contributed by atoms with Gasteiger partial charge in [0.2, 0.25) is 0 Å². The molecule has 0 aliphatic carbocycles. The summed E-state index contributed by atoms with van der Waals surface area (Å²) in [5.41, 5.74) is 1.21. The second-order valence-electron chi connectivity index (χ2n) is 3.89. The van der Waals surface area contributed by atoms with Gasteiger partial charge in [-0.2, -0.15) is 0 Å². The van der Waals surface area contributed by atoms with E-state index in [1.165, 1.54) is 12.1 Å². The first-order chi connectivity index (χ1) is 8.86. The van der Waals surface area contributed by atoms with Crippen LogP contribution in [0, 0.1) is 24.0 Å². The minimum absolute atomic E-state index is 0.0355. The number of carbonyl (C=O) groups excluding carboxylic acids is 2. The summed E-state index contributed by atoms with van der Waals surface area (Å²) in [4.78, 5) is 32.9. The van der Waals surface area contributed by atoms with E-state index in [9.17, 15) is 19.7 Å². The second-order valence-corrected chi connectivity index (χ2v) is 3.89. The second kappa shape index (κ2) is 5.94. The number of hydrogen-bond acceptors (Lipinski definition) is 5. The number of carbonyl (C=O) groups is 2. The van der Waals surface area contributed by atoms with Gasteiger partial charge in [0.05, 0.1) is 11.5 Å². The Balaban J connectivity index is 2.97. The highest BCUT2D eigenvalue weighted by molar-refractivity contribution is 6.37. The van der Waals surface area contributed by atoms with Crippen LogP contribution in [0.5, 0.6) is 0 Å². The highest BCUT2D eigenvalue weighted by atomic mass is 16.6. The van der Waals surface area contributed by atoms with Crippen LogP contribution in [0.25, 0.3) is 0 Å². The first-order valence-corrected chi connectivity index (χ1v) is 5.60. The predicted molar refractivity (Wildman–Crippen MR) is 67.8 cm³/mol. The molecule has 0 atom stereocenters. The Morgan fingerprint density at radius 1 is 1.32 bits per heavy atom. The summed E-state index contributed by atoms with van der Waals surface area (Å²) in [6.45, 7) is 4.85. The third-order valence-corrected chi connectivity index (χ3v) is 2.45. The molecular weight excluding hydrogens is 252 g/mol. The number of nitro groups is 1. The lowest BCUT2D eigenvalue weighted by molar-refractivity contribution is -0.385. The lowest BCUT2D eigenvalue weighted by Gasteiger charge is -2.09. The molecular formula is C12H14N2O5. The van der Waals surface area contributed by atoms with Crippen LogP contribution in [0.4, 0.5) is 11.4 Å². The van der Waals surface area contributed by atoms with E-state index < -0.39 is 16.8 Å². The van der Waals surface area contributed by atoms with Crippen LogP contribution < -0.4 is 5.32 Å². The molecule has 7 heteroatoms.